The van der Waals surface area contributed by atoms with E-state index in [0.29, 0.717) is 0 Å². The number of hydrogen-bond donors (Lipinski definition) is 0. The lowest BCUT2D eigenvalue weighted by molar-refractivity contribution is 1.06. The minimum absolute atomic E-state index is 0.583. The van der Waals surface area contributed by atoms with Crippen LogP contribution in [0.15, 0.2) is 73.1 Å². The molecule has 3 rings (SSSR count). The van der Waals surface area contributed by atoms with Crippen LogP contribution in [0, 0.1) is 6.92 Å². The minimum atomic E-state index is -0.583. The van der Waals surface area contributed by atoms with E-state index in [-0.39, 0.29) is 0 Å². The van der Waals surface area contributed by atoms with Gasteiger partial charge < -0.3 is 0 Å². The molecule has 98 valence electrons. The molecular weight excluding hydrogens is 263 g/mol. The van der Waals surface area contributed by atoms with E-state index in [2.05, 4.69) is 58.5 Å². The number of rotatable bonds is 3. The monoisotopic (exact) mass is 278 g/mol. The van der Waals surface area contributed by atoms with Crippen LogP contribution in [0.25, 0.3) is 0 Å². The first kappa shape index (κ1) is 13.0. The summed E-state index contributed by atoms with van der Waals surface area (Å²) in [7, 11) is -0.583. The van der Waals surface area contributed by atoms with Gasteiger partial charge in [-0.05, 0) is 25.5 Å². The van der Waals surface area contributed by atoms with Gasteiger partial charge >= 0.3 is 0 Å². The number of benzene rings is 2. The molecule has 2 nitrogen and oxygen atoms in total. The highest BCUT2D eigenvalue weighted by atomic mass is 31.1. The van der Waals surface area contributed by atoms with Crippen molar-refractivity contribution in [2.75, 3.05) is 0 Å². The molecule has 0 N–H and O–H groups in total. The summed E-state index contributed by atoms with van der Waals surface area (Å²) in [5.41, 5.74) is 0. The number of nitrogens with zero attached hydrogens (tertiary/aromatic N) is 2. The van der Waals surface area contributed by atoms with Crippen molar-refractivity contribution >= 4 is 23.8 Å². The molecule has 0 saturated heterocycles. The minimum Gasteiger partial charge on any atom is -0.241 e. The lowest BCUT2D eigenvalue weighted by atomic mass is 10.4. The van der Waals surface area contributed by atoms with Gasteiger partial charge in [-0.25, -0.2) is 9.97 Å². The van der Waals surface area contributed by atoms with Crippen LogP contribution in [0.2, 0.25) is 0 Å². The van der Waals surface area contributed by atoms with Gasteiger partial charge in [-0.2, -0.15) is 0 Å². The largest absolute Gasteiger partial charge is 0.241 e. The van der Waals surface area contributed by atoms with Gasteiger partial charge in [-0.15, -0.1) is 0 Å². The third kappa shape index (κ3) is 2.76. The molecule has 0 unspecified atom stereocenters. The molecule has 0 fully saturated rings. The molecule has 1 heterocycles. The fraction of sp³-hybridized carbons (Fsp3) is 0.0588. The van der Waals surface area contributed by atoms with Crippen LogP contribution < -0.4 is 15.9 Å². The third-order valence-corrected chi connectivity index (χ3v) is 5.43. The Morgan fingerprint density at radius 2 is 1.10 bits per heavy atom. The summed E-state index contributed by atoms with van der Waals surface area (Å²) in [6.45, 7) is 1.91. The van der Waals surface area contributed by atoms with Gasteiger partial charge in [0.05, 0.1) is 0 Å². The maximum absolute atomic E-state index is 4.36. The van der Waals surface area contributed by atoms with E-state index >= 15 is 0 Å². The average Bonchev–Trinajstić information content (AvgIpc) is 2.52. The maximum atomic E-state index is 4.36. The summed E-state index contributed by atoms with van der Waals surface area (Å²) in [5, 5.41) is 3.82. The highest BCUT2D eigenvalue weighted by Crippen LogP contribution is 2.31. The Kier molecular flexibility index (Phi) is 3.85. The fourth-order valence-corrected chi connectivity index (χ4v) is 4.28. The van der Waals surface area contributed by atoms with Crippen molar-refractivity contribution in [1.82, 2.24) is 9.97 Å². The van der Waals surface area contributed by atoms with E-state index in [1.807, 2.05) is 31.5 Å². The predicted molar refractivity (Wildman–Crippen MR) is 85.5 cm³/mol. The number of aromatic nitrogens is 2. The first-order valence-corrected chi connectivity index (χ1v) is 7.87. The fourth-order valence-electron chi connectivity index (χ4n) is 2.10. The molecule has 0 saturated carbocycles. The van der Waals surface area contributed by atoms with Crippen molar-refractivity contribution in [1.29, 1.82) is 0 Å². The maximum Gasteiger partial charge on any atom is 0.125 e. The molecule has 1 aromatic heterocycles. The van der Waals surface area contributed by atoms with Gasteiger partial charge in [0.15, 0.2) is 0 Å². The molecule has 0 aliphatic heterocycles. The zero-order valence-corrected chi connectivity index (χ0v) is 12.2. The summed E-state index contributed by atoms with van der Waals surface area (Å²) >= 11 is 0. The van der Waals surface area contributed by atoms with E-state index < -0.39 is 7.92 Å². The predicted octanol–water partition coefficient (Wildman–Crippen LogP) is 2.54. The highest BCUT2D eigenvalue weighted by Gasteiger charge is 2.16. The molecular formula is C17H15N2P. The van der Waals surface area contributed by atoms with Crippen LogP contribution >= 0.6 is 7.92 Å². The molecule has 3 aromatic rings. The quantitative estimate of drug-likeness (QED) is 0.688. The van der Waals surface area contributed by atoms with Crippen molar-refractivity contribution in [3.8, 4) is 0 Å². The SMILES string of the molecule is Cc1ncc(P(c2ccccc2)c2ccccc2)cn1. The standard InChI is InChI=1S/C17H15N2P/c1-14-18-12-17(13-19-14)20(15-8-4-2-5-9-15)16-10-6-3-7-11-16/h2-13H,1H3. The molecule has 3 heteroatoms. The molecule has 0 spiro atoms. The Balaban J connectivity index is 2.11. The third-order valence-electron chi connectivity index (χ3n) is 3.05. The Morgan fingerprint density at radius 3 is 1.55 bits per heavy atom. The lowest BCUT2D eigenvalue weighted by Crippen LogP contribution is -2.21. The Hall–Kier alpha value is -2.05. The van der Waals surface area contributed by atoms with E-state index in [4.69, 9.17) is 0 Å². The molecule has 0 aliphatic rings. The Bertz CT molecular complexity index is 627. The van der Waals surface area contributed by atoms with Crippen molar-refractivity contribution in [3.05, 3.63) is 78.9 Å². The normalized spacial score (nSPS) is 10.7. The molecule has 0 amide bonds. The zero-order valence-electron chi connectivity index (χ0n) is 11.3. The van der Waals surface area contributed by atoms with Crippen molar-refractivity contribution < 1.29 is 0 Å². The summed E-state index contributed by atoms with van der Waals surface area (Å²) in [6, 6.07) is 21.2. The molecule has 0 radical (unpaired) electrons. The molecule has 20 heavy (non-hydrogen) atoms. The van der Waals surface area contributed by atoms with Crippen LogP contribution in [0.1, 0.15) is 5.82 Å². The number of hydrogen-bond acceptors (Lipinski definition) is 2. The van der Waals surface area contributed by atoms with Crippen LogP contribution in [0.3, 0.4) is 0 Å². The van der Waals surface area contributed by atoms with E-state index in [0.717, 1.165) is 5.82 Å². The second kappa shape index (κ2) is 5.94. The summed E-state index contributed by atoms with van der Waals surface area (Å²) in [5.74, 6) is 0.810. The topological polar surface area (TPSA) is 25.8 Å². The van der Waals surface area contributed by atoms with Crippen molar-refractivity contribution in [2.24, 2.45) is 0 Å². The van der Waals surface area contributed by atoms with Gasteiger partial charge in [-0.1, -0.05) is 60.7 Å². The summed E-state index contributed by atoms with van der Waals surface area (Å²) < 4.78 is 0. The number of aryl methyl sites for hydroxylation is 1. The second-order valence-corrected chi connectivity index (χ2v) is 6.71. The van der Waals surface area contributed by atoms with E-state index in [1.165, 1.54) is 15.9 Å². The van der Waals surface area contributed by atoms with Crippen molar-refractivity contribution in [3.63, 3.8) is 0 Å². The van der Waals surface area contributed by atoms with E-state index in [9.17, 15) is 0 Å². The van der Waals surface area contributed by atoms with Gasteiger partial charge in [-0.3, -0.25) is 0 Å². The van der Waals surface area contributed by atoms with E-state index in [1.54, 1.807) is 0 Å². The summed E-state index contributed by atoms with van der Waals surface area (Å²) in [6.07, 6.45) is 3.90. The van der Waals surface area contributed by atoms with Gasteiger partial charge in [0.25, 0.3) is 0 Å². The smallest absolute Gasteiger partial charge is 0.125 e. The molecule has 0 atom stereocenters. The Labute approximate surface area is 120 Å². The van der Waals surface area contributed by atoms with Crippen LogP contribution in [0.4, 0.5) is 0 Å². The Morgan fingerprint density at radius 1 is 0.650 bits per heavy atom. The highest BCUT2D eigenvalue weighted by molar-refractivity contribution is 7.79. The average molecular weight is 278 g/mol. The molecule has 0 bridgehead atoms. The first-order chi connectivity index (χ1) is 9.84. The molecule has 0 aliphatic carbocycles. The first-order valence-electron chi connectivity index (χ1n) is 6.53. The lowest BCUT2D eigenvalue weighted by Gasteiger charge is -2.18. The second-order valence-electron chi connectivity index (χ2n) is 4.49. The van der Waals surface area contributed by atoms with Gasteiger partial charge in [0, 0.05) is 17.7 Å². The van der Waals surface area contributed by atoms with Crippen LogP contribution in [-0.4, -0.2) is 9.97 Å². The van der Waals surface area contributed by atoms with Crippen LogP contribution in [0.5, 0.6) is 0 Å². The van der Waals surface area contributed by atoms with Crippen LogP contribution in [-0.2, 0) is 0 Å². The van der Waals surface area contributed by atoms with Gasteiger partial charge in [0.1, 0.15) is 5.82 Å². The van der Waals surface area contributed by atoms with Gasteiger partial charge in [0.2, 0.25) is 0 Å². The van der Waals surface area contributed by atoms with Crippen molar-refractivity contribution in [2.45, 2.75) is 6.92 Å². The zero-order chi connectivity index (χ0) is 13.8. The molecule has 2 aromatic carbocycles. The summed E-state index contributed by atoms with van der Waals surface area (Å²) in [4.78, 5) is 8.71.